The van der Waals surface area contributed by atoms with E-state index >= 15 is 0 Å². The van der Waals surface area contributed by atoms with Crippen LogP contribution in [-0.2, 0) is 9.53 Å². The smallest absolute Gasteiger partial charge is 0.243 e. The number of primary amides is 1. The minimum Gasteiger partial charge on any atom is -0.368 e. The summed E-state index contributed by atoms with van der Waals surface area (Å²) in [6.07, 6.45) is 3.78. The summed E-state index contributed by atoms with van der Waals surface area (Å²) in [7, 11) is 0. The van der Waals surface area contributed by atoms with Gasteiger partial charge in [-0.3, -0.25) is 4.79 Å². The molecule has 21 heavy (non-hydrogen) atoms. The Labute approximate surface area is 132 Å². The lowest BCUT2D eigenvalue weighted by Gasteiger charge is -2.29. The second-order valence-corrected chi connectivity index (χ2v) is 6.02. The monoisotopic (exact) mass is 357 g/mol. The van der Waals surface area contributed by atoms with Crippen molar-refractivity contribution in [1.82, 2.24) is 9.97 Å². The number of carbonyl (C=O) groups excluding carboxylic acids is 1. The van der Waals surface area contributed by atoms with Crippen molar-refractivity contribution >= 4 is 33.6 Å². The van der Waals surface area contributed by atoms with Crippen molar-refractivity contribution in [3.8, 4) is 0 Å². The van der Waals surface area contributed by atoms with E-state index in [1.54, 1.807) is 0 Å². The van der Waals surface area contributed by atoms with E-state index in [4.69, 9.17) is 16.2 Å². The second-order valence-electron chi connectivity index (χ2n) is 5.23. The predicted octanol–water partition coefficient (Wildman–Crippen LogP) is 1.35. The molecule has 1 fully saturated rings. The summed E-state index contributed by atoms with van der Waals surface area (Å²) in [5.74, 6) is 0.560. The zero-order chi connectivity index (χ0) is 15.4. The van der Waals surface area contributed by atoms with Crippen LogP contribution in [0, 0.1) is 6.92 Å². The Bertz CT molecular complexity index is 518. The van der Waals surface area contributed by atoms with E-state index in [0.29, 0.717) is 6.04 Å². The molecule has 0 bridgehead atoms. The van der Waals surface area contributed by atoms with Gasteiger partial charge in [0, 0.05) is 6.04 Å². The fourth-order valence-electron chi connectivity index (χ4n) is 2.44. The zero-order valence-electron chi connectivity index (χ0n) is 11.9. The molecule has 0 spiro atoms. The van der Waals surface area contributed by atoms with Crippen LogP contribution in [0.25, 0.3) is 0 Å². The fraction of sp³-hybridized carbons (Fsp3) is 0.615. The van der Waals surface area contributed by atoms with E-state index in [9.17, 15) is 4.79 Å². The minimum atomic E-state index is -0.425. The van der Waals surface area contributed by atoms with E-state index in [1.807, 2.05) is 6.92 Å². The molecule has 0 saturated heterocycles. The van der Waals surface area contributed by atoms with Gasteiger partial charge in [-0.05, 0) is 48.5 Å². The number of ether oxygens (including phenoxy) is 1. The van der Waals surface area contributed by atoms with E-state index in [2.05, 4.69) is 31.2 Å². The number of nitrogens with zero attached hydrogens (tertiary/aromatic N) is 2. The number of aryl methyl sites for hydroxylation is 1. The van der Waals surface area contributed by atoms with Crippen LogP contribution in [0.3, 0.4) is 0 Å². The number of halogens is 1. The molecular weight excluding hydrogens is 338 g/mol. The number of carbonyl (C=O) groups is 1. The van der Waals surface area contributed by atoms with Crippen LogP contribution in [0.1, 0.15) is 31.4 Å². The molecule has 0 atom stereocenters. The van der Waals surface area contributed by atoms with Gasteiger partial charge in [0.1, 0.15) is 12.4 Å². The highest BCUT2D eigenvalue weighted by atomic mass is 79.9. The summed E-state index contributed by atoms with van der Waals surface area (Å²) in [5.41, 5.74) is 11.6. The summed E-state index contributed by atoms with van der Waals surface area (Å²) >= 11 is 3.47. The first kappa shape index (κ1) is 16.0. The number of amides is 1. The van der Waals surface area contributed by atoms with Gasteiger partial charge in [0.05, 0.1) is 16.3 Å². The summed E-state index contributed by atoms with van der Waals surface area (Å²) in [6.45, 7) is 1.87. The average Bonchev–Trinajstić information content (AvgIpc) is 2.43. The van der Waals surface area contributed by atoms with Crippen LogP contribution < -0.4 is 16.8 Å². The maximum Gasteiger partial charge on any atom is 0.243 e. The van der Waals surface area contributed by atoms with Gasteiger partial charge < -0.3 is 21.5 Å². The molecule has 1 aliphatic carbocycles. The van der Waals surface area contributed by atoms with Crippen molar-refractivity contribution in [2.24, 2.45) is 5.73 Å². The molecule has 0 radical (unpaired) electrons. The lowest BCUT2D eigenvalue weighted by atomic mass is 9.93. The van der Waals surface area contributed by atoms with Crippen molar-refractivity contribution in [2.75, 3.05) is 17.7 Å². The van der Waals surface area contributed by atoms with Crippen LogP contribution in [0.2, 0.25) is 0 Å². The molecule has 1 amide bonds. The molecule has 0 aliphatic heterocycles. The van der Waals surface area contributed by atoms with Gasteiger partial charge in [0.15, 0.2) is 0 Å². The molecule has 1 saturated carbocycles. The molecule has 1 aromatic heterocycles. The van der Waals surface area contributed by atoms with E-state index in [0.717, 1.165) is 41.7 Å². The Morgan fingerprint density at radius 1 is 1.38 bits per heavy atom. The Kier molecular flexibility index (Phi) is 5.35. The molecule has 1 aliphatic rings. The summed E-state index contributed by atoms with van der Waals surface area (Å²) in [5, 5.41) is 3.39. The van der Waals surface area contributed by atoms with E-state index in [-0.39, 0.29) is 18.7 Å². The molecule has 1 heterocycles. The van der Waals surface area contributed by atoms with Crippen LogP contribution in [0.5, 0.6) is 0 Å². The lowest BCUT2D eigenvalue weighted by molar-refractivity contribution is -0.125. The molecule has 116 valence electrons. The third-order valence-electron chi connectivity index (χ3n) is 3.51. The van der Waals surface area contributed by atoms with Crippen LogP contribution in [0.4, 0.5) is 11.8 Å². The molecule has 1 aromatic rings. The molecule has 8 heteroatoms. The first-order valence-electron chi connectivity index (χ1n) is 6.91. The molecule has 0 aromatic carbocycles. The molecular formula is C13H20BrN5O2. The van der Waals surface area contributed by atoms with Crippen molar-refractivity contribution in [3.63, 3.8) is 0 Å². The Hall–Kier alpha value is -1.41. The minimum absolute atomic E-state index is 0.00402. The SMILES string of the molecule is Cc1nc(N)nc(NC2CCC(OCC(N)=O)CC2)c1Br. The Morgan fingerprint density at radius 2 is 2.05 bits per heavy atom. The molecule has 5 N–H and O–H groups in total. The normalized spacial score (nSPS) is 22.0. The zero-order valence-corrected chi connectivity index (χ0v) is 13.5. The molecule has 2 rings (SSSR count). The second kappa shape index (κ2) is 7.04. The van der Waals surface area contributed by atoms with Gasteiger partial charge in [0.2, 0.25) is 11.9 Å². The number of hydrogen-bond donors (Lipinski definition) is 3. The Morgan fingerprint density at radius 3 is 2.67 bits per heavy atom. The largest absolute Gasteiger partial charge is 0.368 e. The maximum absolute atomic E-state index is 10.7. The number of anilines is 2. The van der Waals surface area contributed by atoms with Crippen LogP contribution in [0.15, 0.2) is 4.47 Å². The Balaban J connectivity index is 1.88. The highest BCUT2D eigenvalue weighted by Gasteiger charge is 2.23. The number of rotatable bonds is 5. The van der Waals surface area contributed by atoms with E-state index < -0.39 is 5.91 Å². The lowest BCUT2D eigenvalue weighted by Crippen LogP contribution is -2.32. The fourth-order valence-corrected chi connectivity index (χ4v) is 2.74. The van der Waals surface area contributed by atoms with Crippen LogP contribution >= 0.6 is 15.9 Å². The van der Waals surface area contributed by atoms with Gasteiger partial charge in [-0.1, -0.05) is 0 Å². The number of aromatic nitrogens is 2. The first-order chi connectivity index (χ1) is 9.95. The predicted molar refractivity (Wildman–Crippen MR) is 83.7 cm³/mol. The standard InChI is InChI=1S/C13H20BrN5O2/c1-7-11(14)12(19-13(16)17-7)18-8-2-4-9(5-3-8)21-6-10(15)20/h8-9H,2-6H2,1H3,(H2,15,20)(H3,16,17,18,19). The quantitative estimate of drug-likeness (QED) is 0.732. The number of hydrogen-bond acceptors (Lipinski definition) is 6. The van der Waals surface area contributed by atoms with Gasteiger partial charge in [-0.2, -0.15) is 4.98 Å². The van der Waals surface area contributed by atoms with Crippen molar-refractivity contribution in [3.05, 3.63) is 10.2 Å². The number of nitrogens with two attached hydrogens (primary N) is 2. The number of nitrogens with one attached hydrogen (secondary N) is 1. The average molecular weight is 358 g/mol. The van der Waals surface area contributed by atoms with Gasteiger partial charge >= 0.3 is 0 Å². The summed E-state index contributed by atoms with van der Waals surface area (Å²) in [6, 6.07) is 0.309. The first-order valence-corrected chi connectivity index (χ1v) is 7.71. The topological polar surface area (TPSA) is 116 Å². The summed E-state index contributed by atoms with van der Waals surface area (Å²) < 4.78 is 6.28. The molecule has 0 unspecified atom stereocenters. The molecule has 7 nitrogen and oxygen atoms in total. The summed E-state index contributed by atoms with van der Waals surface area (Å²) in [4.78, 5) is 19.0. The third-order valence-corrected chi connectivity index (χ3v) is 4.46. The van der Waals surface area contributed by atoms with Crippen molar-refractivity contribution < 1.29 is 9.53 Å². The highest BCUT2D eigenvalue weighted by Crippen LogP contribution is 2.28. The van der Waals surface area contributed by atoms with Crippen molar-refractivity contribution in [1.29, 1.82) is 0 Å². The van der Waals surface area contributed by atoms with E-state index in [1.165, 1.54) is 0 Å². The van der Waals surface area contributed by atoms with Gasteiger partial charge in [-0.25, -0.2) is 4.98 Å². The van der Waals surface area contributed by atoms with Gasteiger partial charge in [0.25, 0.3) is 0 Å². The third kappa shape index (κ3) is 4.53. The van der Waals surface area contributed by atoms with Gasteiger partial charge in [-0.15, -0.1) is 0 Å². The maximum atomic E-state index is 10.7. The highest BCUT2D eigenvalue weighted by molar-refractivity contribution is 9.10. The van der Waals surface area contributed by atoms with Crippen molar-refractivity contribution in [2.45, 2.75) is 44.8 Å². The van der Waals surface area contributed by atoms with Crippen LogP contribution in [-0.4, -0.2) is 34.6 Å². The number of nitrogen functional groups attached to an aromatic ring is 1.